The van der Waals surface area contributed by atoms with Gasteiger partial charge in [0.2, 0.25) is 0 Å². The third-order valence-electron chi connectivity index (χ3n) is 10.2. The van der Waals surface area contributed by atoms with Crippen molar-refractivity contribution in [3.63, 3.8) is 0 Å². The van der Waals surface area contributed by atoms with Crippen molar-refractivity contribution in [2.75, 3.05) is 0 Å². The number of carboxylic acid groups (broad SMARTS) is 1. The van der Waals surface area contributed by atoms with Crippen molar-refractivity contribution in [3.05, 3.63) is 0 Å². The van der Waals surface area contributed by atoms with Crippen molar-refractivity contribution in [3.8, 4) is 0 Å². The standard InChI is InChI=1S/C24H40O3/c1-15(4-9-22(26)27)19-7-8-20-18-6-5-16-14-17(25)10-12-23(16,2)21(18)11-13-24(19,20)3/h15-21,25H,4-14H2,1-3H3,(H,26,27)/t15-,16+,17+,18-,19+,20-,21-,23-,24+/m1/s1. The Labute approximate surface area is 165 Å². The van der Waals surface area contributed by atoms with Gasteiger partial charge in [-0.15, -0.1) is 0 Å². The fraction of sp³-hybridized carbons (Fsp3) is 0.958. The molecule has 0 spiro atoms. The van der Waals surface area contributed by atoms with Gasteiger partial charge in [0.25, 0.3) is 0 Å². The Morgan fingerprint density at radius 1 is 1.00 bits per heavy atom. The molecule has 4 aliphatic rings. The zero-order valence-corrected chi connectivity index (χ0v) is 17.6. The SMILES string of the molecule is C[C@H](CCC(=O)O)[C@@H]1CC[C@@H]2[C@H]3CC[C@H]4C[C@@H](O)CC[C@@]4(C)[C@@H]3CC[C@]21C. The molecule has 4 fully saturated rings. The van der Waals surface area contributed by atoms with Gasteiger partial charge in [0.15, 0.2) is 0 Å². The van der Waals surface area contributed by atoms with E-state index >= 15 is 0 Å². The van der Waals surface area contributed by atoms with Crippen LogP contribution in [0.3, 0.4) is 0 Å². The van der Waals surface area contributed by atoms with Gasteiger partial charge >= 0.3 is 5.97 Å². The molecular formula is C24H40O3. The van der Waals surface area contributed by atoms with Crippen molar-refractivity contribution in [1.82, 2.24) is 0 Å². The first-order chi connectivity index (χ1) is 12.8. The minimum absolute atomic E-state index is 0.0561. The zero-order chi connectivity index (χ0) is 19.4. The van der Waals surface area contributed by atoms with Gasteiger partial charge in [0, 0.05) is 6.42 Å². The molecule has 0 unspecified atom stereocenters. The average Bonchev–Trinajstić information content (AvgIpc) is 2.97. The third kappa shape index (κ3) is 3.16. The molecule has 3 heteroatoms. The molecule has 0 heterocycles. The lowest BCUT2D eigenvalue weighted by Crippen LogP contribution is -2.54. The lowest BCUT2D eigenvalue weighted by atomic mass is 9.44. The normalized spacial score (nSPS) is 50.4. The topological polar surface area (TPSA) is 57.5 Å². The fourth-order valence-electron chi connectivity index (χ4n) is 8.76. The maximum atomic E-state index is 11.0. The van der Waals surface area contributed by atoms with Gasteiger partial charge < -0.3 is 10.2 Å². The van der Waals surface area contributed by atoms with E-state index in [-0.39, 0.29) is 6.10 Å². The van der Waals surface area contributed by atoms with Crippen LogP contribution < -0.4 is 0 Å². The van der Waals surface area contributed by atoms with E-state index in [4.69, 9.17) is 5.11 Å². The van der Waals surface area contributed by atoms with Crippen molar-refractivity contribution >= 4 is 5.97 Å². The molecule has 4 saturated carbocycles. The molecule has 3 nitrogen and oxygen atoms in total. The monoisotopic (exact) mass is 376 g/mol. The van der Waals surface area contributed by atoms with Gasteiger partial charge in [-0.1, -0.05) is 20.8 Å². The summed E-state index contributed by atoms with van der Waals surface area (Å²) in [6.07, 6.45) is 12.4. The average molecular weight is 377 g/mol. The Morgan fingerprint density at radius 3 is 2.44 bits per heavy atom. The maximum absolute atomic E-state index is 11.0. The lowest BCUT2D eigenvalue weighted by Gasteiger charge is -2.61. The Balaban J connectivity index is 1.51. The zero-order valence-electron chi connectivity index (χ0n) is 17.6. The molecule has 0 saturated heterocycles. The van der Waals surface area contributed by atoms with Crippen molar-refractivity contribution < 1.29 is 15.0 Å². The van der Waals surface area contributed by atoms with Crippen LogP contribution in [-0.2, 0) is 4.79 Å². The van der Waals surface area contributed by atoms with Crippen LogP contribution in [0, 0.1) is 46.3 Å². The van der Waals surface area contributed by atoms with E-state index in [1.165, 1.54) is 44.9 Å². The molecule has 0 bridgehead atoms. The number of aliphatic hydroxyl groups is 1. The number of hydrogen-bond donors (Lipinski definition) is 2. The summed E-state index contributed by atoms with van der Waals surface area (Å²) in [7, 11) is 0. The molecule has 0 aromatic carbocycles. The van der Waals surface area contributed by atoms with Crippen LogP contribution in [0.4, 0.5) is 0 Å². The van der Waals surface area contributed by atoms with Crippen LogP contribution in [-0.4, -0.2) is 22.3 Å². The van der Waals surface area contributed by atoms with Gasteiger partial charge in [-0.3, -0.25) is 4.79 Å². The second-order valence-electron chi connectivity index (χ2n) is 11.2. The molecule has 0 aliphatic heterocycles. The second-order valence-corrected chi connectivity index (χ2v) is 11.2. The Hall–Kier alpha value is -0.570. The fourth-order valence-corrected chi connectivity index (χ4v) is 8.76. The summed E-state index contributed by atoms with van der Waals surface area (Å²) < 4.78 is 0. The molecule has 9 atom stereocenters. The number of rotatable bonds is 4. The van der Waals surface area contributed by atoms with Gasteiger partial charge in [-0.2, -0.15) is 0 Å². The van der Waals surface area contributed by atoms with Gasteiger partial charge in [0.1, 0.15) is 0 Å². The van der Waals surface area contributed by atoms with Crippen LogP contribution in [0.5, 0.6) is 0 Å². The number of aliphatic hydroxyl groups excluding tert-OH is 1. The Morgan fingerprint density at radius 2 is 1.70 bits per heavy atom. The first-order valence-corrected chi connectivity index (χ1v) is 11.7. The third-order valence-corrected chi connectivity index (χ3v) is 10.2. The highest BCUT2D eigenvalue weighted by atomic mass is 16.4. The van der Waals surface area contributed by atoms with E-state index in [1.54, 1.807) is 0 Å². The highest BCUT2D eigenvalue weighted by Gasteiger charge is 2.60. The summed E-state index contributed by atoms with van der Waals surface area (Å²) in [4.78, 5) is 11.0. The van der Waals surface area contributed by atoms with E-state index in [1.807, 2.05) is 0 Å². The largest absolute Gasteiger partial charge is 0.481 e. The minimum Gasteiger partial charge on any atom is -0.481 e. The van der Waals surface area contributed by atoms with Crippen LogP contribution in [0.1, 0.15) is 91.4 Å². The molecule has 2 N–H and O–H groups in total. The van der Waals surface area contributed by atoms with E-state index < -0.39 is 5.97 Å². The predicted molar refractivity (Wildman–Crippen MR) is 107 cm³/mol. The van der Waals surface area contributed by atoms with E-state index in [9.17, 15) is 9.90 Å². The molecule has 4 rings (SSSR count). The van der Waals surface area contributed by atoms with Gasteiger partial charge in [0.05, 0.1) is 6.10 Å². The number of carboxylic acids is 1. The molecule has 0 aromatic rings. The maximum Gasteiger partial charge on any atom is 0.303 e. The summed E-state index contributed by atoms with van der Waals surface area (Å²) in [6.45, 7) is 7.43. The summed E-state index contributed by atoms with van der Waals surface area (Å²) in [6, 6.07) is 0. The van der Waals surface area contributed by atoms with E-state index in [0.717, 1.165) is 42.9 Å². The van der Waals surface area contributed by atoms with E-state index in [2.05, 4.69) is 20.8 Å². The van der Waals surface area contributed by atoms with Crippen LogP contribution >= 0.6 is 0 Å². The summed E-state index contributed by atoms with van der Waals surface area (Å²) >= 11 is 0. The molecule has 27 heavy (non-hydrogen) atoms. The number of hydrogen-bond acceptors (Lipinski definition) is 2. The van der Waals surface area contributed by atoms with E-state index in [0.29, 0.717) is 29.1 Å². The summed E-state index contributed by atoms with van der Waals surface area (Å²) in [5, 5.41) is 19.3. The number of aliphatic carboxylic acids is 1. The highest BCUT2D eigenvalue weighted by molar-refractivity contribution is 5.66. The quantitative estimate of drug-likeness (QED) is 0.680. The smallest absolute Gasteiger partial charge is 0.303 e. The van der Waals surface area contributed by atoms with Gasteiger partial charge in [-0.25, -0.2) is 0 Å². The van der Waals surface area contributed by atoms with Crippen molar-refractivity contribution in [2.45, 2.75) is 97.5 Å². The molecule has 0 aromatic heterocycles. The number of carbonyl (C=O) groups is 1. The van der Waals surface area contributed by atoms with Crippen molar-refractivity contribution in [2.24, 2.45) is 46.3 Å². The first-order valence-electron chi connectivity index (χ1n) is 11.7. The molecule has 154 valence electrons. The summed E-state index contributed by atoms with van der Waals surface area (Å²) in [5.41, 5.74) is 0.882. The molecule has 0 amide bonds. The second kappa shape index (κ2) is 7.04. The molecular weight excluding hydrogens is 336 g/mol. The van der Waals surface area contributed by atoms with Crippen LogP contribution in [0.25, 0.3) is 0 Å². The predicted octanol–water partition coefficient (Wildman–Crippen LogP) is 5.51. The molecule has 0 radical (unpaired) electrons. The lowest BCUT2D eigenvalue weighted by molar-refractivity contribution is -0.138. The Kier molecular flexibility index (Phi) is 5.15. The Bertz CT molecular complexity index is 574. The minimum atomic E-state index is -0.643. The first kappa shape index (κ1) is 19.7. The van der Waals surface area contributed by atoms with Crippen LogP contribution in [0.15, 0.2) is 0 Å². The summed E-state index contributed by atoms with van der Waals surface area (Å²) in [5.74, 6) is 3.91. The van der Waals surface area contributed by atoms with Crippen LogP contribution in [0.2, 0.25) is 0 Å². The van der Waals surface area contributed by atoms with Crippen molar-refractivity contribution in [1.29, 1.82) is 0 Å². The highest BCUT2D eigenvalue weighted by Crippen LogP contribution is 2.68. The molecule has 4 aliphatic carbocycles. The number of fused-ring (bicyclic) bond motifs is 5. The van der Waals surface area contributed by atoms with Gasteiger partial charge in [-0.05, 0) is 111 Å².